The van der Waals surface area contributed by atoms with E-state index in [-0.39, 0.29) is 11.5 Å². The van der Waals surface area contributed by atoms with Crippen LogP contribution in [0.5, 0.6) is 0 Å². The second kappa shape index (κ2) is 6.98. The summed E-state index contributed by atoms with van der Waals surface area (Å²) in [5.41, 5.74) is 0.0939. The van der Waals surface area contributed by atoms with Crippen molar-refractivity contribution in [2.24, 2.45) is 0 Å². The van der Waals surface area contributed by atoms with Gasteiger partial charge in [-0.15, -0.1) is 0 Å². The van der Waals surface area contributed by atoms with Crippen molar-refractivity contribution in [1.29, 1.82) is 0 Å². The predicted molar refractivity (Wildman–Crippen MR) is 95.9 cm³/mol. The number of pyridine rings is 1. The van der Waals surface area contributed by atoms with E-state index in [9.17, 15) is 9.59 Å². The molecule has 2 aliphatic rings. The lowest BCUT2D eigenvalue weighted by molar-refractivity contribution is -0.0222. The summed E-state index contributed by atoms with van der Waals surface area (Å²) in [6.45, 7) is 3.38. The van der Waals surface area contributed by atoms with Crippen LogP contribution in [0.1, 0.15) is 29.8 Å². The van der Waals surface area contributed by atoms with Gasteiger partial charge in [0, 0.05) is 43.8 Å². The Kier molecular flexibility index (Phi) is 4.55. The van der Waals surface area contributed by atoms with Gasteiger partial charge in [-0.2, -0.15) is 0 Å². The van der Waals surface area contributed by atoms with E-state index in [1.54, 1.807) is 12.1 Å². The molecule has 132 valence electrons. The molecule has 0 saturated carbocycles. The number of likely N-dealkylation sites (tertiary alicyclic amines) is 1. The van der Waals surface area contributed by atoms with Crippen LogP contribution in [0.25, 0.3) is 10.8 Å². The molecule has 1 aromatic carbocycles. The number of aromatic nitrogens is 1. The highest BCUT2D eigenvalue weighted by Crippen LogP contribution is 2.25. The van der Waals surface area contributed by atoms with Gasteiger partial charge in [0.15, 0.2) is 0 Å². The van der Waals surface area contributed by atoms with Gasteiger partial charge in [-0.3, -0.25) is 14.5 Å². The van der Waals surface area contributed by atoms with E-state index in [4.69, 9.17) is 4.74 Å². The van der Waals surface area contributed by atoms with Crippen LogP contribution in [0.4, 0.5) is 0 Å². The number of hydrogen-bond acceptors (Lipinski definition) is 4. The molecule has 6 heteroatoms. The van der Waals surface area contributed by atoms with E-state index in [0.29, 0.717) is 29.7 Å². The van der Waals surface area contributed by atoms with Crippen LogP contribution in [-0.2, 0) is 4.74 Å². The fourth-order valence-electron chi connectivity index (χ4n) is 3.82. The van der Waals surface area contributed by atoms with Crippen molar-refractivity contribution in [3.8, 4) is 0 Å². The number of fused-ring (bicyclic) bond motifs is 1. The average Bonchev–Trinajstić information content (AvgIpc) is 2.61. The van der Waals surface area contributed by atoms with Crippen molar-refractivity contribution in [3.63, 3.8) is 0 Å². The minimum Gasteiger partial charge on any atom is -0.381 e. The van der Waals surface area contributed by atoms with Crippen LogP contribution in [0.2, 0.25) is 0 Å². The van der Waals surface area contributed by atoms with Crippen LogP contribution in [0, 0.1) is 0 Å². The Balaban J connectivity index is 1.40. The Labute approximate surface area is 146 Å². The first-order valence-corrected chi connectivity index (χ1v) is 8.96. The SMILES string of the molecule is O=C(NCC1CCN1C1CCOCC1)c1cc2ccccc2c(=O)[nH]1. The largest absolute Gasteiger partial charge is 0.381 e. The molecule has 0 radical (unpaired) electrons. The molecular weight excluding hydrogens is 318 g/mol. The Morgan fingerprint density at radius 2 is 2.04 bits per heavy atom. The molecular formula is C19H23N3O3. The fourth-order valence-corrected chi connectivity index (χ4v) is 3.82. The number of nitrogens with zero attached hydrogens (tertiary/aromatic N) is 1. The summed E-state index contributed by atoms with van der Waals surface area (Å²) in [6.07, 6.45) is 3.25. The molecule has 0 spiro atoms. The standard InChI is InChI=1S/C19H23N3O3/c23-18-16-4-2-1-3-13(16)11-17(21-18)19(24)20-12-15-5-8-22(15)14-6-9-25-10-7-14/h1-4,11,14-15H,5-10,12H2,(H,20,24)(H,21,23). The maximum absolute atomic E-state index is 12.4. The quantitative estimate of drug-likeness (QED) is 0.884. The van der Waals surface area contributed by atoms with E-state index in [1.165, 1.54) is 0 Å². The normalized spacial score (nSPS) is 21.8. The highest BCUT2D eigenvalue weighted by atomic mass is 16.5. The first-order chi connectivity index (χ1) is 12.2. The van der Waals surface area contributed by atoms with Crippen molar-refractivity contribution in [1.82, 2.24) is 15.2 Å². The molecule has 0 bridgehead atoms. The molecule has 1 atom stereocenters. The lowest BCUT2D eigenvalue weighted by atomic mass is 9.95. The molecule has 2 aromatic rings. The van der Waals surface area contributed by atoms with Gasteiger partial charge in [-0.25, -0.2) is 0 Å². The van der Waals surface area contributed by atoms with Crippen LogP contribution in [0.15, 0.2) is 35.1 Å². The third-order valence-corrected chi connectivity index (χ3v) is 5.35. The van der Waals surface area contributed by atoms with E-state index >= 15 is 0 Å². The van der Waals surface area contributed by atoms with Crippen LogP contribution < -0.4 is 10.9 Å². The van der Waals surface area contributed by atoms with Crippen LogP contribution in [0.3, 0.4) is 0 Å². The highest BCUT2D eigenvalue weighted by molar-refractivity contribution is 5.96. The van der Waals surface area contributed by atoms with Crippen LogP contribution >= 0.6 is 0 Å². The number of nitrogens with one attached hydrogen (secondary N) is 2. The second-order valence-corrected chi connectivity index (χ2v) is 6.83. The Morgan fingerprint density at radius 3 is 2.80 bits per heavy atom. The minimum absolute atomic E-state index is 0.221. The van der Waals surface area contributed by atoms with Gasteiger partial charge in [0.05, 0.1) is 0 Å². The summed E-state index contributed by atoms with van der Waals surface area (Å²) in [7, 11) is 0. The predicted octanol–water partition coefficient (Wildman–Crippen LogP) is 1.51. The van der Waals surface area contributed by atoms with Crippen molar-refractivity contribution in [2.75, 3.05) is 26.3 Å². The first kappa shape index (κ1) is 16.3. The first-order valence-electron chi connectivity index (χ1n) is 8.96. The Morgan fingerprint density at radius 1 is 1.24 bits per heavy atom. The third-order valence-electron chi connectivity index (χ3n) is 5.35. The zero-order valence-corrected chi connectivity index (χ0v) is 14.2. The average molecular weight is 341 g/mol. The zero-order valence-electron chi connectivity index (χ0n) is 14.2. The van der Waals surface area contributed by atoms with Gasteiger partial charge < -0.3 is 15.0 Å². The summed E-state index contributed by atoms with van der Waals surface area (Å²) in [4.78, 5) is 29.7. The molecule has 0 aliphatic carbocycles. The van der Waals surface area contributed by atoms with Gasteiger partial charge >= 0.3 is 0 Å². The number of aromatic amines is 1. The summed E-state index contributed by atoms with van der Waals surface area (Å²) in [5, 5.41) is 4.36. The maximum atomic E-state index is 12.4. The van der Waals surface area contributed by atoms with E-state index in [0.717, 1.165) is 44.4 Å². The number of benzene rings is 1. The van der Waals surface area contributed by atoms with Crippen molar-refractivity contribution in [3.05, 3.63) is 46.4 Å². The molecule has 1 aromatic heterocycles. The van der Waals surface area contributed by atoms with Crippen LogP contribution in [-0.4, -0.2) is 54.2 Å². The molecule has 2 saturated heterocycles. The molecule has 2 aliphatic heterocycles. The monoisotopic (exact) mass is 341 g/mol. The number of amides is 1. The molecule has 2 N–H and O–H groups in total. The third kappa shape index (κ3) is 3.32. The molecule has 6 nitrogen and oxygen atoms in total. The van der Waals surface area contributed by atoms with E-state index < -0.39 is 0 Å². The fraction of sp³-hybridized carbons (Fsp3) is 0.474. The molecule has 3 heterocycles. The lowest BCUT2D eigenvalue weighted by Crippen LogP contribution is -2.58. The topological polar surface area (TPSA) is 74.4 Å². The van der Waals surface area contributed by atoms with E-state index in [2.05, 4.69) is 15.2 Å². The number of rotatable bonds is 4. The van der Waals surface area contributed by atoms with Gasteiger partial charge in [-0.1, -0.05) is 18.2 Å². The molecule has 1 amide bonds. The van der Waals surface area contributed by atoms with Gasteiger partial charge in [0.2, 0.25) is 0 Å². The molecule has 2 fully saturated rings. The highest BCUT2D eigenvalue weighted by Gasteiger charge is 2.34. The summed E-state index contributed by atoms with van der Waals surface area (Å²) in [5.74, 6) is -0.221. The molecule has 4 rings (SSSR count). The zero-order chi connectivity index (χ0) is 17.2. The lowest BCUT2D eigenvalue weighted by Gasteiger charge is -2.47. The van der Waals surface area contributed by atoms with Crippen molar-refractivity contribution < 1.29 is 9.53 Å². The van der Waals surface area contributed by atoms with E-state index in [1.807, 2.05) is 18.2 Å². The molecule has 1 unspecified atom stereocenters. The van der Waals surface area contributed by atoms with Crippen molar-refractivity contribution in [2.45, 2.75) is 31.3 Å². The summed E-state index contributed by atoms with van der Waals surface area (Å²) in [6, 6.07) is 9.99. The Bertz CT molecular complexity index is 826. The van der Waals surface area contributed by atoms with Crippen molar-refractivity contribution >= 4 is 16.7 Å². The second-order valence-electron chi connectivity index (χ2n) is 6.83. The number of hydrogen-bond donors (Lipinski definition) is 2. The minimum atomic E-state index is -0.226. The number of carbonyl (C=O) groups excluding carboxylic acids is 1. The number of H-pyrrole nitrogens is 1. The maximum Gasteiger partial charge on any atom is 0.267 e. The summed E-state index contributed by atoms with van der Waals surface area (Å²) < 4.78 is 5.43. The summed E-state index contributed by atoms with van der Waals surface area (Å²) >= 11 is 0. The number of carbonyl (C=O) groups is 1. The Hall–Kier alpha value is -2.18. The molecule has 25 heavy (non-hydrogen) atoms. The van der Waals surface area contributed by atoms with Gasteiger partial charge in [0.25, 0.3) is 11.5 Å². The smallest absolute Gasteiger partial charge is 0.267 e. The van der Waals surface area contributed by atoms with Gasteiger partial charge in [-0.05, 0) is 36.8 Å². The number of ether oxygens (including phenoxy) is 1. The van der Waals surface area contributed by atoms with Gasteiger partial charge in [0.1, 0.15) is 5.69 Å².